The number of aromatic nitrogens is 2. The van der Waals surface area contributed by atoms with Crippen molar-refractivity contribution < 1.29 is 13.2 Å². The van der Waals surface area contributed by atoms with Crippen LogP contribution in [-0.4, -0.2) is 73.4 Å². The van der Waals surface area contributed by atoms with Crippen molar-refractivity contribution in [3.05, 3.63) is 42.4 Å². The van der Waals surface area contributed by atoms with E-state index in [0.717, 1.165) is 5.69 Å². The first kappa shape index (κ1) is 19.4. The molecule has 8 nitrogen and oxygen atoms in total. The summed E-state index contributed by atoms with van der Waals surface area (Å²) in [6.07, 6.45) is 3.56. The average Bonchev–Trinajstić information content (AvgIpc) is 2.94. The number of aryl methyl sites for hydroxylation is 1. The van der Waals surface area contributed by atoms with Crippen LogP contribution in [0.1, 0.15) is 16.8 Å². The van der Waals surface area contributed by atoms with Crippen LogP contribution in [0.3, 0.4) is 0 Å². The number of nitrogens with zero attached hydrogens (tertiary/aromatic N) is 5. The molecule has 0 unspecified atom stereocenters. The zero-order valence-corrected chi connectivity index (χ0v) is 16.7. The number of benzene rings is 1. The van der Waals surface area contributed by atoms with Gasteiger partial charge in [-0.15, -0.1) is 0 Å². The fourth-order valence-corrected chi connectivity index (χ4v) is 4.51. The molecule has 3 rings (SSSR count). The van der Waals surface area contributed by atoms with Crippen LogP contribution in [0.4, 0.5) is 5.69 Å². The normalized spacial score (nSPS) is 16.2. The first-order valence-corrected chi connectivity index (χ1v) is 10.3. The summed E-state index contributed by atoms with van der Waals surface area (Å²) in [6, 6.07) is 7.43. The predicted molar refractivity (Wildman–Crippen MR) is 103 cm³/mol. The van der Waals surface area contributed by atoms with Gasteiger partial charge >= 0.3 is 0 Å². The van der Waals surface area contributed by atoms with Gasteiger partial charge in [-0.1, -0.05) is 0 Å². The molecule has 2 heterocycles. The van der Waals surface area contributed by atoms with E-state index in [9.17, 15) is 13.2 Å². The third-order valence-corrected chi connectivity index (χ3v) is 6.44. The SMILES string of the molecule is CN(C)c1ccc(C(=O)N2CCCN(S(=O)(=O)c3cn(C)cn3)CC2)cc1. The Labute approximate surface area is 160 Å². The molecule has 1 aliphatic rings. The number of rotatable bonds is 4. The average molecular weight is 391 g/mol. The van der Waals surface area contributed by atoms with Gasteiger partial charge in [0.1, 0.15) is 0 Å². The van der Waals surface area contributed by atoms with Crippen LogP contribution in [0.15, 0.2) is 41.8 Å². The molecule has 1 aromatic heterocycles. The molecule has 1 aliphatic heterocycles. The van der Waals surface area contributed by atoms with E-state index in [1.807, 2.05) is 43.3 Å². The molecule has 1 saturated heterocycles. The van der Waals surface area contributed by atoms with Crippen LogP contribution in [0.2, 0.25) is 0 Å². The minimum absolute atomic E-state index is 0.0454. The Balaban J connectivity index is 1.70. The minimum Gasteiger partial charge on any atom is -0.378 e. The second-order valence-electron chi connectivity index (χ2n) is 6.87. The second kappa shape index (κ2) is 7.69. The summed E-state index contributed by atoms with van der Waals surface area (Å²) in [4.78, 5) is 20.5. The zero-order chi connectivity index (χ0) is 19.6. The molecule has 146 valence electrons. The van der Waals surface area contributed by atoms with E-state index in [1.54, 1.807) is 16.5 Å². The van der Waals surface area contributed by atoms with Gasteiger partial charge in [-0.2, -0.15) is 4.31 Å². The third kappa shape index (κ3) is 4.14. The Morgan fingerprint density at radius 3 is 2.37 bits per heavy atom. The molecule has 0 radical (unpaired) electrons. The first-order valence-electron chi connectivity index (χ1n) is 8.84. The number of carbonyl (C=O) groups excluding carboxylic acids is 1. The van der Waals surface area contributed by atoms with Gasteiger partial charge in [0.2, 0.25) is 0 Å². The van der Waals surface area contributed by atoms with Crippen molar-refractivity contribution in [3.63, 3.8) is 0 Å². The molecule has 0 spiro atoms. The molecule has 9 heteroatoms. The number of amides is 1. The van der Waals surface area contributed by atoms with Gasteiger partial charge in [-0.05, 0) is 30.7 Å². The summed E-state index contributed by atoms with van der Waals surface area (Å²) in [5, 5.41) is 0.0454. The predicted octanol–water partition coefficient (Wildman–Crippen LogP) is 1.02. The molecule has 0 saturated carbocycles. The van der Waals surface area contributed by atoms with E-state index in [1.165, 1.54) is 16.8 Å². The molecule has 27 heavy (non-hydrogen) atoms. The maximum absolute atomic E-state index is 12.8. The Bertz CT molecular complexity index is 905. The molecule has 0 N–H and O–H groups in total. The Morgan fingerprint density at radius 1 is 1.07 bits per heavy atom. The first-order chi connectivity index (χ1) is 12.8. The van der Waals surface area contributed by atoms with Gasteiger partial charge < -0.3 is 14.4 Å². The highest BCUT2D eigenvalue weighted by Gasteiger charge is 2.30. The molecule has 1 aromatic carbocycles. The van der Waals surface area contributed by atoms with Crippen LogP contribution in [0.5, 0.6) is 0 Å². The Hall–Kier alpha value is -2.39. The standard InChI is InChI=1S/C18H25N5O3S/c1-20(2)16-7-5-15(6-8-16)18(24)22-9-4-10-23(12-11-22)27(25,26)17-13-21(3)14-19-17/h5-8,13-14H,4,9-12H2,1-3H3. The maximum Gasteiger partial charge on any atom is 0.262 e. The lowest BCUT2D eigenvalue weighted by molar-refractivity contribution is 0.0764. The number of hydrogen-bond donors (Lipinski definition) is 0. The molecule has 1 fully saturated rings. The van der Waals surface area contributed by atoms with Crippen LogP contribution in [0.25, 0.3) is 0 Å². The molecular weight excluding hydrogens is 366 g/mol. The Kier molecular flexibility index (Phi) is 5.52. The molecule has 0 atom stereocenters. The zero-order valence-electron chi connectivity index (χ0n) is 15.9. The molecule has 2 aromatic rings. The third-order valence-electron chi connectivity index (χ3n) is 4.66. The summed E-state index contributed by atoms with van der Waals surface area (Å²) in [7, 11) is 1.99. The monoisotopic (exact) mass is 391 g/mol. The summed E-state index contributed by atoms with van der Waals surface area (Å²) in [6.45, 7) is 1.53. The van der Waals surface area contributed by atoms with E-state index in [2.05, 4.69) is 4.98 Å². The van der Waals surface area contributed by atoms with Gasteiger partial charge in [0, 0.05) is 64.8 Å². The van der Waals surface area contributed by atoms with Crippen LogP contribution in [-0.2, 0) is 17.1 Å². The minimum atomic E-state index is -3.64. The quantitative estimate of drug-likeness (QED) is 0.778. The maximum atomic E-state index is 12.8. The number of hydrogen-bond acceptors (Lipinski definition) is 5. The van der Waals surface area contributed by atoms with Crippen LogP contribution >= 0.6 is 0 Å². The summed E-state index contributed by atoms with van der Waals surface area (Å²) in [5.74, 6) is -0.0719. The van der Waals surface area contributed by atoms with Crippen molar-refractivity contribution in [2.24, 2.45) is 7.05 Å². The van der Waals surface area contributed by atoms with Crippen molar-refractivity contribution in [1.82, 2.24) is 18.8 Å². The fourth-order valence-electron chi connectivity index (χ4n) is 3.08. The highest BCUT2D eigenvalue weighted by Crippen LogP contribution is 2.18. The van der Waals surface area contributed by atoms with Crippen LogP contribution in [0, 0.1) is 0 Å². The molecule has 1 amide bonds. The van der Waals surface area contributed by atoms with E-state index in [0.29, 0.717) is 31.6 Å². The second-order valence-corrected chi connectivity index (χ2v) is 8.75. The van der Waals surface area contributed by atoms with Crippen molar-refractivity contribution in [2.75, 3.05) is 45.2 Å². The van der Waals surface area contributed by atoms with E-state index in [4.69, 9.17) is 0 Å². The number of sulfonamides is 1. The van der Waals surface area contributed by atoms with Crippen molar-refractivity contribution in [2.45, 2.75) is 11.4 Å². The summed E-state index contributed by atoms with van der Waals surface area (Å²) >= 11 is 0. The fraction of sp³-hybridized carbons (Fsp3) is 0.444. The number of imidazole rings is 1. The lowest BCUT2D eigenvalue weighted by Gasteiger charge is -2.22. The lowest BCUT2D eigenvalue weighted by Crippen LogP contribution is -2.37. The Morgan fingerprint density at radius 2 is 1.78 bits per heavy atom. The van der Waals surface area contributed by atoms with Crippen molar-refractivity contribution in [3.8, 4) is 0 Å². The van der Waals surface area contributed by atoms with Crippen LogP contribution < -0.4 is 4.90 Å². The number of anilines is 1. The topological polar surface area (TPSA) is 78.8 Å². The van der Waals surface area contributed by atoms with Gasteiger partial charge in [0.25, 0.3) is 15.9 Å². The van der Waals surface area contributed by atoms with E-state index < -0.39 is 10.0 Å². The molecule has 0 bridgehead atoms. The smallest absolute Gasteiger partial charge is 0.262 e. The van der Waals surface area contributed by atoms with Gasteiger partial charge in [0.15, 0.2) is 5.03 Å². The van der Waals surface area contributed by atoms with E-state index in [-0.39, 0.29) is 17.5 Å². The largest absolute Gasteiger partial charge is 0.378 e. The summed E-state index contributed by atoms with van der Waals surface area (Å²) < 4.78 is 28.5. The lowest BCUT2D eigenvalue weighted by atomic mass is 10.1. The van der Waals surface area contributed by atoms with Crippen molar-refractivity contribution in [1.29, 1.82) is 0 Å². The van der Waals surface area contributed by atoms with Crippen molar-refractivity contribution >= 4 is 21.6 Å². The van der Waals surface area contributed by atoms with Gasteiger partial charge in [-0.25, -0.2) is 13.4 Å². The summed E-state index contributed by atoms with van der Waals surface area (Å²) in [5.41, 5.74) is 1.64. The highest BCUT2D eigenvalue weighted by molar-refractivity contribution is 7.89. The number of carbonyl (C=O) groups is 1. The highest BCUT2D eigenvalue weighted by atomic mass is 32.2. The molecular formula is C18H25N5O3S. The van der Waals surface area contributed by atoms with Gasteiger partial charge in [0.05, 0.1) is 6.33 Å². The van der Waals surface area contributed by atoms with E-state index >= 15 is 0 Å². The molecule has 0 aliphatic carbocycles. The van der Waals surface area contributed by atoms with Gasteiger partial charge in [-0.3, -0.25) is 4.79 Å².